The van der Waals surface area contributed by atoms with Crippen molar-refractivity contribution >= 4 is 10.0 Å². The number of nitrogens with two attached hydrogens (primary N) is 1. The zero-order valence-electron chi connectivity index (χ0n) is 12.0. The topological polar surface area (TPSA) is 113 Å². The van der Waals surface area contributed by atoms with Crippen LogP contribution in [0.2, 0.25) is 0 Å². The second-order valence-electron chi connectivity index (χ2n) is 4.88. The van der Waals surface area contributed by atoms with Gasteiger partial charge in [-0.2, -0.15) is 4.80 Å². The summed E-state index contributed by atoms with van der Waals surface area (Å²) in [5.41, 5.74) is 0.755. The van der Waals surface area contributed by atoms with E-state index in [-0.39, 0.29) is 17.4 Å². The zero-order chi connectivity index (χ0) is 15.6. The summed E-state index contributed by atoms with van der Waals surface area (Å²) in [6.45, 7) is 4.04. The predicted molar refractivity (Wildman–Crippen MR) is 75.0 cm³/mol. The summed E-state index contributed by atoms with van der Waals surface area (Å²) in [6.07, 6.45) is 0. The van der Waals surface area contributed by atoms with E-state index in [4.69, 9.17) is 9.88 Å². The number of nitrogens with zero attached hydrogens (tertiary/aromatic N) is 4. The SMILES string of the molecule is CC(C)c1cc(S(N)(=O)=O)ccc1OCc1nnn(C)n1. The van der Waals surface area contributed by atoms with Gasteiger partial charge in [0.05, 0.1) is 11.9 Å². The van der Waals surface area contributed by atoms with Gasteiger partial charge in [0.2, 0.25) is 15.8 Å². The molecule has 0 amide bonds. The van der Waals surface area contributed by atoms with E-state index in [0.717, 1.165) is 5.56 Å². The zero-order valence-corrected chi connectivity index (χ0v) is 12.8. The van der Waals surface area contributed by atoms with E-state index in [2.05, 4.69) is 15.4 Å². The van der Waals surface area contributed by atoms with E-state index in [9.17, 15) is 8.42 Å². The summed E-state index contributed by atoms with van der Waals surface area (Å²) < 4.78 is 28.5. The van der Waals surface area contributed by atoms with Crippen LogP contribution in [0, 0.1) is 0 Å². The van der Waals surface area contributed by atoms with Crippen LogP contribution in [-0.4, -0.2) is 28.6 Å². The van der Waals surface area contributed by atoms with E-state index in [0.29, 0.717) is 11.6 Å². The minimum Gasteiger partial charge on any atom is -0.485 e. The van der Waals surface area contributed by atoms with E-state index < -0.39 is 10.0 Å². The van der Waals surface area contributed by atoms with Gasteiger partial charge >= 0.3 is 0 Å². The average Bonchev–Trinajstić information content (AvgIpc) is 2.80. The lowest BCUT2D eigenvalue weighted by molar-refractivity contribution is 0.291. The van der Waals surface area contributed by atoms with Crippen molar-refractivity contribution in [1.82, 2.24) is 20.2 Å². The molecular weight excluding hydrogens is 294 g/mol. The van der Waals surface area contributed by atoms with Crippen LogP contribution in [0.4, 0.5) is 0 Å². The summed E-state index contributed by atoms with van der Waals surface area (Å²) in [5, 5.41) is 16.7. The molecule has 21 heavy (non-hydrogen) atoms. The first-order chi connectivity index (χ1) is 9.77. The third-order valence-corrected chi connectivity index (χ3v) is 3.75. The lowest BCUT2D eigenvalue weighted by Crippen LogP contribution is -2.13. The van der Waals surface area contributed by atoms with Crippen molar-refractivity contribution in [2.45, 2.75) is 31.3 Å². The van der Waals surface area contributed by atoms with Crippen molar-refractivity contribution in [3.05, 3.63) is 29.6 Å². The molecule has 2 N–H and O–H groups in total. The third kappa shape index (κ3) is 3.76. The molecule has 1 heterocycles. The Morgan fingerprint density at radius 2 is 2.10 bits per heavy atom. The number of rotatable bonds is 5. The maximum Gasteiger partial charge on any atom is 0.238 e. The molecule has 0 saturated heterocycles. The summed E-state index contributed by atoms with van der Waals surface area (Å²) in [7, 11) is -2.07. The molecule has 9 heteroatoms. The highest BCUT2D eigenvalue weighted by molar-refractivity contribution is 7.89. The van der Waals surface area contributed by atoms with Gasteiger partial charge < -0.3 is 4.74 Å². The van der Waals surface area contributed by atoms with Gasteiger partial charge in [-0.25, -0.2) is 13.6 Å². The Labute approximate surface area is 123 Å². The van der Waals surface area contributed by atoms with Crippen LogP contribution >= 0.6 is 0 Å². The second kappa shape index (κ2) is 5.78. The van der Waals surface area contributed by atoms with Crippen molar-refractivity contribution in [2.75, 3.05) is 0 Å². The molecule has 0 aliphatic heterocycles. The van der Waals surface area contributed by atoms with Crippen LogP contribution < -0.4 is 9.88 Å². The van der Waals surface area contributed by atoms with Gasteiger partial charge in [0.1, 0.15) is 5.75 Å². The number of hydrogen-bond donors (Lipinski definition) is 1. The molecule has 1 aromatic heterocycles. The van der Waals surface area contributed by atoms with E-state index in [1.165, 1.54) is 16.9 Å². The van der Waals surface area contributed by atoms with E-state index in [1.807, 2.05) is 13.8 Å². The largest absolute Gasteiger partial charge is 0.485 e. The van der Waals surface area contributed by atoms with Crippen LogP contribution in [0.5, 0.6) is 5.75 Å². The Morgan fingerprint density at radius 1 is 1.38 bits per heavy atom. The van der Waals surface area contributed by atoms with Crippen molar-refractivity contribution in [3.8, 4) is 5.75 Å². The Bertz CT molecular complexity index is 739. The van der Waals surface area contributed by atoms with Crippen molar-refractivity contribution < 1.29 is 13.2 Å². The summed E-state index contributed by atoms with van der Waals surface area (Å²) >= 11 is 0. The lowest BCUT2D eigenvalue weighted by Gasteiger charge is -2.14. The number of hydrogen-bond acceptors (Lipinski definition) is 6. The fraction of sp³-hybridized carbons (Fsp3) is 0.417. The molecule has 0 spiro atoms. The molecule has 0 unspecified atom stereocenters. The second-order valence-corrected chi connectivity index (χ2v) is 6.44. The van der Waals surface area contributed by atoms with Gasteiger partial charge in [0.25, 0.3) is 0 Å². The Hall–Kier alpha value is -2.00. The number of aromatic nitrogens is 4. The molecule has 2 aromatic rings. The number of benzene rings is 1. The predicted octanol–water partition coefficient (Wildman–Crippen LogP) is 0.560. The van der Waals surface area contributed by atoms with Crippen molar-refractivity contribution in [2.24, 2.45) is 12.2 Å². The van der Waals surface area contributed by atoms with Crippen molar-refractivity contribution in [3.63, 3.8) is 0 Å². The number of ether oxygens (including phenoxy) is 1. The molecule has 1 aromatic carbocycles. The first kappa shape index (κ1) is 15.4. The van der Waals surface area contributed by atoms with Gasteiger partial charge in [0, 0.05) is 0 Å². The lowest BCUT2D eigenvalue weighted by atomic mass is 10.0. The molecule has 2 rings (SSSR count). The van der Waals surface area contributed by atoms with Crippen molar-refractivity contribution in [1.29, 1.82) is 0 Å². The summed E-state index contributed by atoms with van der Waals surface area (Å²) in [5.74, 6) is 1.10. The van der Waals surface area contributed by atoms with Crippen LogP contribution in [-0.2, 0) is 23.7 Å². The van der Waals surface area contributed by atoms with Gasteiger partial charge in [-0.3, -0.25) is 0 Å². The highest BCUT2D eigenvalue weighted by atomic mass is 32.2. The highest BCUT2D eigenvalue weighted by Gasteiger charge is 2.15. The quantitative estimate of drug-likeness (QED) is 0.863. The molecule has 8 nitrogen and oxygen atoms in total. The fourth-order valence-electron chi connectivity index (χ4n) is 1.81. The Morgan fingerprint density at radius 3 is 2.62 bits per heavy atom. The molecule has 114 valence electrons. The van der Waals surface area contributed by atoms with Gasteiger partial charge in [-0.1, -0.05) is 13.8 Å². The molecule has 0 aliphatic carbocycles. The molecule has 0 bridgehead atoms. The van der Waals surface area contributed by atoms with Gasteiger partial charge in [-0.05, 0) is 34.9 Å². The summed E-state index contributed by atoms with van der Waals surface area (Å²) in [4.78, 5) is 1.41. The first-order valence-corrected chi connectivity index (χ1v) is 7.84. The normalized spacial score (nSPS) is 11.9. The summed E-state index contributed by atoms with van der Waals surface area (Å²) in [6, 6.07) is 4.53. The van der Waals surface area contributed by atoms with E-state index in [1.54, 1.807) is 13.1 Å². The minimum absolute atomic E-state index is 0.0659. The number of aryl methyl sites for hydroxylation is 1. The molecule has 0 fully saturated rings. The fourth-order valence-corrected chi connectivity index (χ4v) is 2.36. The number of tetrazole rings is 1. The first-order valence-electron chi connectivity index (χ1n) is 6.30. The molecule has 0 aliphatic rings. The number of primary sulfonamides is 1. The standard InChI is InChI=1S/C12H17N5O3S/c1-8(2)10-6-9(21(13,18)19)4-5-11(10)20-7-12-14-16-17(3)15-12/h4-6,8H,7H2,1-3H3,(H2,13,18,19). The maximum atomic E-state index is 11.4. The molecular formula is C12H17N5O3S. The van der Waals surface area contributed by atoms with Crippen LogP contribution in [0.3, 0.4) is 0 Å². The molecule has 0 radical (unpaired) electrons. The average molecular weight is 311 g/mol. The van der Waals surface area contributed by atoms with Crippen LogP contribution in [0.15, 0.2) is 23.1 Å². The van der Waals surface area contributed by atoms with Gasteiger partial charge in [0.15, 0.2) is 6.61 Å². The monoisotopic (exact) mass is 311 g/mol. The van der Waals surface area contributed by atoms with E-state index >= 15 is 0 Å². The number of sulfonamides is 1. The highest BCUT2D eigenvalue weighted by Crippen LogP contribution is 2.29. The Balaban J connectivity index is 2.26. The van der Waals surface area contributed by atoms with Crippen LogP contribution in [0.1, 0.15) is 31.2 Å². The van der Waals surface area contributed by atoms with Gasteiger partial charge in [-0.15, -0.1) is 10.2 Å². The Kier molecular flexibility index (Phi) is 4.24. The maximum absolute atomic E-state index is 11.4. The van der Waals surface area contributed by atoms with Crippen LogP contribution in [0.25, 0.3) is 0 Å². The minimum atomic E-state index is -3.73. The third-order valence-electron chi connectivity index (χ3n) is 2.84. The molecule has 0 saturated carbocycles. The molecule has 0 atom stereocenters. The smallest absolute Gasteiger partial charge is 0.238 e.